The van der Waals surface area contributed by atoms with Crippen LogP contribution in [0.25, 0.3) is 11.3 Å². The molecule has 0 saturated carbocycles. The molecule has 2 aromatic rings. The third kappa shape index (κ3) is 2.93. The van der Waals surface area contributed by atoms with E-state index in [9.17, 15) is 4.79 Å². The number of hydrogen-bond acceptors (Lipinski definition) is 4. The third-order valence-electron chi connectivity index (χ3n) is 4.06. The first-order valence-electron chi connectivity index (χ1n) is 7.63. The van der Waals surface area contributed by atoms with Crippen LogP contribution in [-0.4, -0.2) is 33.9 Å². The zero-order valence-electron chi connectivity index (χ0n) is 12.7. The first-order valence-corrected chi connectivity index (χ1v) is 7.63. The molecule has 2 aromatic heterocycles. The van der Waals surface area contributed by atoms with E-state index >= 15 is 0 Å². The first-order chi connectivity index (χ1) is 10.6. The van der Waals surface area contributed by atoms with Gasteiger partial charge in [0, 0.05) is 31.0 Å². The molecule has 0 unspecified atom stereocenters. The molecular weight excluding hydrogens is 276 g/mol. The van der Waals surface area contributed by atoms with Crippen LogP contribution in [0.15, 0.2) is 30.6 Å². The number of hydrogen-bond donors (Lipinski definition) is 1. The van der Waals surface area contributed by atoms with Crippen LogP contribution in [0.4, 0.5) is 5.82 Å². The van der Waals surface area contributed by atoms with Gasteiger partial charge >= 0.3 is 0 Å². The minimum atomic E-state index is 0.0749. The first kappa shape index (κ1) is 14.5. The number of anilines is 1. The Bertz CT molecular complexity index is 676. The predicted octanol–water partition coefficient (Wildman–Crippen LogP) is 2.66. The summed E-state index contributed by atoms with van der Waals surface area (Å²) in [7, 11) is 0. The van der Waals surface area contributed by atoms with Crippen LogP contribution in [0.2, 0.25) is 0 Å². The molecule has 3 rings (SSSR count). The summed E-state index contributed by atoms with van der Waals surface area (Å²) in [5.74, 6) is 0.573. The number of carbonyl (C=O) groups is 1. The molecule has 5 nitrogen and oxygen atoms in total. The highest BCUT2D eigenvalue weighted by molar-refractivity contribution is 5.94. The van der Waals surface area contributed by atoms with Gasteiger partial charge in [0.1, 0.15) is 5.82 Å². The van der Waals surface area contributed by atoms with Crippen LogP contribution in [-0.2, 0) is 0 Å². The summed E-state index contributed by atoms with van der Waals surface area (Å²) in [6.45, 7) is 3.67. The van der Waals surface area contributed by atoms with Crippen LogP contribution < -0.4 is 5.73 Å². The topological polar surface area (TPSA) is 72.1 Å². The van der Waals surface area contributed by atoms with Crippen molar-refractivity contribution in [3.8, 4) is 11.3 Å². The van der Waals surface area contributed by atoms with Crippen LogP contribution in [0.1, 0.15) is 35.2 Å². The molecule has 114 valence electrons. The summed E-state index contributed by atoms with van der Waals surface area (Å²) in [4.78, 5) is 22.9. The van der Waals surface area contributed by atoms with E-state index in [-0.39, 0.29) is 5.91 Å². The number of piperidine rings is 1. The molecule has 1 fully saturated rings. The second kappa shape index (κ2) is 6.13. The van der Waals surface area contributed by atoms with Crippen molar-refractivity contribution in [1.82, 2.24) is 14.9 Å². The molecule has 2 N–H and O–H groups in total. The molecule has 0 radical (unpaired) electrons. The number of likely N-dealkylation sites (tertiary alicyclic amines) is 1. The molecule has 1 amide bonds. The number of nitrogen functional groups attached to an aromatic ring is 1. The van der Waals surface area contributed by atoms with Gasteiger partial charge in [-0.15, -0.1) is 0 Å². The summed E-state index contributed by atoms with van der Waals surface area (Å²) in [5, 5.41) is 0. The van der Waals surface area contributed by atoms with Gasteiger partial charge in [-0.25, -0.2) is 4.98 Å². The zero-order valence-corrected chi connectivity index (χ0v) is 12.7. The van der Waals surface area contributed by atoms with E-state index in [2.05, 4.69) is 9.97 Å². The van der Waals surface area contributed by atoms with Crippen LogP contribution in [0.3, 0.4) is 0 Å². The Morgan fingerprint density at radius 1 is 1.14 bits per heavy atom. The average Bonchev–Trinajstić information content (AvgIpc) is 2.55. The van der Waals surface area contributed by atoms with Gasteiger partial charge in [-0.1, -0.05) is 0 Å². The molecule has 0 aliphatic carbocycles. The maximum atomic E-state index is 12.4. The molecule has 0 bridgehead atoms. The third-order valence-corrected chi connectivity index (χ3v) is 4.06. The minimum absolute atomic E-state index is 0.0749. The lowest BCUT2D eigenvalue weighted by Crippen LogP contribution is -2.35. The molecular formula is C17H20N4O. The Morgan fingerprint density at radius 3 is 2.55 bits per heavy atom. The molecule has 0 aromatic carbocycles. The van der Waals surface area contributed by atoms with E-state index in [4.69, 9.17) is 5.73 Å². The van der Waals surface area contributed by atoms with E-state index in [1.165, 1.54) is 6.42 Å². The standard InChI is InChI=1S/C17H20N4O/c1-12-9-16(18)20-11-14(12)15-6-5-13(10-19-15)17(22)21-7-3-2-4-8-21/h5-6,9-11H,2-4,7-8H2,1H3,(H2,18,20). The Hall–Kier alpha value is -2.43. The van der Waals surface area contributed by atoms with Gasteiger partial charge < -0.3 is 10.6 Å². The van der Waals surface area contributed by atoms with Crippen molar-refractivity contribution < 1.29 is 4.79 Å². The van der Waals surface area contributed by atoms with Crippen LogP contribution >= 0.6 is 0 Å². The Morgan fingerprint density at radius 2 is 1.91 bits per heavy atom. The molecule has 0 atom stereocenters. The van der Waals surface area contributed by atoms with Gasteiger partial charge in [0.2, 0.25) is 0 Å². The molecule has 1 aliphatic heterocycles. The SMILES string of the molecule is Cc1cc(N)ncc1-c1ccc(C(=O)N2CCCCC2)cn1. The molecule has 3 heterocycles. The Kier molecular flexibility index (Phi) is 4.04. The van der Waals surface area contributed by atoms with Gasteiger partial charge in [0.25, 0.3) is 5.91 Å². The molecule has 0 spiro atoms. The summed E-state index contributed by atoms with van der Waals surface area (Å²) < 4.78 is 0. The highest BCUT2D eigenvalue weighted by atomic mass is 16.2. The smallest absolute Gasteiger partial charge is 0.255 e. The number of carbonyl (C=O) groups excluding carboxylic acids is 1. The van der Waals surface area contributed by atoms with Crippen molar-refractivity contribution in [2.45, 2.75) is 26.2 Å². The van der Waals surface area contributed by atoms with Gasteiger partial charge in [0.15, 0.2) is 0 Å². The number of amides is 1. The maximum absolute atomic E-state index is 12.4. The predicted molar refractivity (Wildman–Crippen MR) is 86.4 cm³/mol. The van der Waals surface area contributed by atoms with E-state index in [0.717, 1.165) is 42.8 Å². The fourth-order valence-electron chi connectivity index (χ4n) is 2.81. The second-order valence-electron chi connectivity index (χ2n) is 5.71. The number of rotatable bonds is 2. The highest BCUT2D eigenvalue weighted by Gasteiger charge is 2.18. The summed E-state index contributed by atoms with van der Waals surface area (Å²) in [6, 6.07) is 5.54. The van der Waals surface area contributed by atoms with Crippen molar-refractivity contribution in [2.75, 3.05) is 18.8 Å². The summed E-state index contributed by atoms with van der Waals surface area (Å²) in [6.07, 6.45) is 6.77. The summed E-state index contributed by atoms with van der Waals surface area (Å²) >= 11 is 0. The number of pyridine rings is 2. The number of aromatic nitrogens is 2. The van der Waals surface area contributed by atoms with Gasteiger partial charge in [-0.05, 0) is 49.9 Å². The largest absolute Gasteiger partial charge is 0.384 e. The number of aryl methyl sites for hydroxylation is 1. The lowest BCUT2D eigenvalue weighted by atomic mass is 10.1. The van der Waals surface area contributed by atoms with Gasteiger partial charge in [-0.3, -0.25) is 9.78 Å². The fraction of sp³-hybridized carbons (Fsp3) is 0.353. The molecule has 1 aliphatic rings. The molecule has 1 saturated heterocycles. The molecule has 22 heavy (non-hydrogen) atoms. The monoisotopic (exact) mass is 296 g/mol. The van der Waals surface area contributed by atoms with Crippen molar-refractivity contribution in [3.05, 3.63) is 41.7 Å². The lowest BCUT2D eigenvalue weighted by Gasteiger charge is -2.26. The van der Waals surface area contributed by atoms with E-state index in [1.54, 1.807) is 12.4 Å². The quantitative estimate of drug-likeness (QED) is 0.924. The number of nitrogens with two attached hydrogens (primary N) is 1. The lowest BCUT2D eigenvalue weighted by molar-refractivity contribution is 0.0724. The summed E-state index contributed by atoms with van der Waals surface area (Å²) in [5.41, 5.74) is 9.08. The normalized spacial score (nSPS) is 14.9. The van der Waals surface area contributed by atoms with E-state index in [0.29, 0.717) is 11.4 Å². The van der Waals surface area contributed by atoms with E-state index in [1.807, 2.05) is 30.0 Å². The van der Waals surface area contributed by atoms with Gasteiger partial charge in [0.05, 0.1) is 11.3 Å². The zero-order chi connectivity index (χ0) is 15.5. The average molecular weight is 296 g/mol. The van der Waals surface area contributed by atoms with Crippen molar-refractivity contribution in [1.29, 1.82) is 0 Å². The number of nitrogens with zero attached hydrogens (tertiary/aromatic N) is 3. The van der Waals surface area contributed by atoms with Crippen LogP contribution in [0, 0.1) is 6.92 Å². The van der Waals surface area contributed by atoms with Crippen molar-refractivity contribution >= 4 is 11.7 Å². The maximum Gasteiger partial charge on any atom is 0.255 e. The van der Waals surface area contributed by atoms with E-state index < -0.39 is 0 Å². The van der Waals surface area contributed by atoms with Crippen molar-refractivity contribution in [3.63, 3.8) is 0 Å². The second-order valence-corrected chi connectivity index (χ2v) is 5.71. The minimum Gasteiger partial charge on any atom is -0.384 e. The highest BCUT2D eigenvalue weighted by Crippen LogP contribution is 2.22. The Balaban J connectivity index is 1.81. The van der Waals surface area contributed by atoms with Crippen molar-refractivity contribution in [2.24, 2.45) is 0 Å². The molecule has 5 heteroatoms. The fourth-order valence-corrected chi connectivity index (χ4v) is 2.81. The van der Waals surface area contributed by atoms with Crippen LogP contribution in [0.5, 0.6) is 0 Å². The van der Waals surface area contributed by atoms with Gasteiger partial charge in [-0.2, -0.15) is 0 Å². The Labute approximate surface area is 130 Å².